The van der Waals surface area contributed by atoms with Crippen molar-refractivity contribution in [3.8, 4) is 0 Å². The van der Waals surface area contributed by atoms with Crippen molar-refractivity contribution in [3.05, 3.63) is 54.0 Å². The summed E-state index contributed by atoms with van der Waals surface area (Å²) in [6, 6.07) is 8.77. The Balaban J connectivity index is 1.61. The summed E-state index contributed by atoms with van der Waals surface area (Å²) in [7, 11) is -3.83. The molecule has 0 unspecified atom stereocenters. The van der Waals surface area contributed by atoms with E-state index < -0.39 is 16.0 Å². The molecule has 0 saturated carbocycles. The zero-order chi connectivity index (χ0) is 19.3. The van der Waals surface area contributed by atoms with Crippen LogP contribution < -0.4 is 4.72 Å². The van der Waals surface area contributed by atoms with Crippen LogP contribution in [0.3, 0.4) is 0 Å². The summed E-state index contributed by atoms with van der Waals surface area (Å²) >= 11 is 0. The van der Waals surface area contributed by atoms with Gasteiger partial charge in [0.15, 0.2) is 6.61 Å². The van der Waals surface area contributed by atoms with Gasteiger partial charge in [0.2, 0.25) is 10.0 Å². The monoisotopic (exact) mass is 392 g/mol. The number of carbonyl (C=O) groups excluding carboxylic acids is 2. The first-order valence-electron chi connectivity index (χ1n) is 8.53. The lowest BCUT2D eigenvalue weighted by Gasteiger charge is -2.15. The Kier molecular flexibility index (Phi) is 5.92. The highest BCUT2D eigenvalue weighted by Crippen LogP contribution is 2.14. The van der Waals surface area contributed by atoms with Crippen LogP contribution in [0.1, 0.15) is 29.0 Å². The van der Waals surface area contributed by atoms with E-state index >= 15 is 0 Å². The van der Waals surface area contributed by atoms with Crippen LogP contribution in [0.25, 0.3) is 0 Å². The van der Waals surface area contributed by atoms with E-state index in [0.29, 0.717) is 18.8 Å². The molecule has 27 heavy (non-hydrogen) atoms. The molecule has 1 fully saturated rings. The van der Waals surface area contributed by atoms with E-state index in [1.165, 1.54) is 30.5 Å². The smallest absolute Gasteiger partial charge is 0.338 e. The van der Waals surface area contributed by atoms with Gasteiger partial charge in [-0.3, -0.25) is 4.79 Å². The van der Waals surface area contributed by atoms with Crippen LogP contribution in [0, 0.1) is 0 Å². The fourth-order valence-corrected chi connectivity index (χ4v) is 3.76. The summed E-state index contributed by atoms with van der Waals surface area (Å²) in [4.78, 5) is 25.7. The van der Waals surface area contributed by atoms with E-state index in [2.05, 4.69) is 4.72 Å². The molecule has 1 aromatic heterocycles. The van der Waals surface area contributed by atoms with Crippen LogP contribution in [0.2, 0.25) is 0 Å². The van der Waals surface area contributed by atoms with E-state index in [0.717, 1.165) is 12.8 Å². The maximum Gasteiger partial charge on any atom is 0.338 e. The van der Waals surface area contributed by atoms with Crippen LogP contribution in [0.4, 0.5) is 0 Å². The molecule has 144 valence electrons. The molecule has 1 aliphatic heterocycles. The number of nitrogens with one attached hydrogen (secondary N) is 1. The Labute approximate surface area is 157 Å². The van der Waals surface area contributed by atoms with Crippen LogP contribution in [0.15, 0.2) is 52.0 Å². The molecule has 0 spiro atoms. The largest absolute Gasteiger partial charge is 0.468 e. The number of ether oxygens (including phenoxy) is 1. The maximum atomic E-state index is 12.4. The van der Waals surface area contributed by atoms with Gasteiger partial charge in [0, 0.05) is 13.1 Å². The SMILES string of the molecule is O=C(OCC(=O)N1CCCC1)c1cccc(S(=O)(=O)NCc2ccco2)c1. The Morgan fingerprint density at radius 2 is 1.93 bits per heavy atom. The molecule has 1 N–H and O–H groups in total. The third-order valence-electron chi connectivity index (χ3n) is 4.18. The number of hydrogen-bond acceptors (Lipinski definition) is 6. The topological polar surface area (TPSA) is 106 Å². The molecule has 3 rings (SSSR count). The van der Waals surface area contributed by atoms with Gasteiger partial charge in [-0.2, -0.15) is 0 Å². The quantitative estimate of drug-likeness (QED) is 0.717. The molecule has 0 radical (unpaired) electrons. The molecule has 0 atom stereocenters. The van der Waals surface area contributed by atoms with Gasteiger partial charge in [-0.15, -0.1) is 0 Å². The van der Waals surface area contributed by atoms with Gasteiger partial charge < -0.3 is 14.1 Å². The summed E-state index contributed by atoms with van der Waals surface area (Å²) in [6.45, 7) is 0.984. The van der Waals surface area contributed by atoms with Crippen LogP contribution >= 0.6 is 0 Å². The average Bonchev–Trinajstić information content (AvgIpc) is 3.38. The number of carbonyl (C=O) groups is 2. The molecule has 2 aromatic rings. The number of amides is 1. The summed E-state index contributed by atoms with van der Waals surface area (Å²) < 4.78 is 37.3. The van der Waals surface area contributed by atoms with Gasteiger partial charge >= 0.3 is 5.97 Å². The zero-order valence-corrected chi connectivity index (χ0v) is 15.4. The number of esters is 1. The predicted octanol–water partition coefficient (Wildman–Crippen LogP) is 1.54. The Bertz CT molecular complexity index is 902. The van der Waals surface area contributed by atoms with Crippen molar-refractivity contribution < 1.29 is 27.2 Å². The number of nitrogens with zero attached hydrogens (tertiary/aromatic N) is 1. The fraction of sp³-hybridized carbons (Fsp3) is 0.333. The first-order chi connectivity index (χ1) is 13.0. The van der Waals surface area contributed by atoms with Crippen molar-refractivity contribution in [2.45, 2.75) is 24.3 Å². The molecular weight excluding hydrogens is 372 g/mol. The number of rotatable bonds is 7. The van der Waals surface area contributed by atoms with Crippen LogP contribution in [-0.4, -0.2) is 44.9 Å². The van der Waals surface area contributed by atoms with E-state index in [1.807, 2.05) is 0 Å². The minimum atomic E-state index is -3.83. The van der Waals surface area contributed by atoms with Gasteiger partial charge in [-0.05, 0) is 43.2 Å². The summed E-state index contributed by atoms with van der Waals surface area (Å²) in [5, 5.41) is 0. The average molecular weight is 392 g/mol. The zero-order valence-electron chi connectivity index (χ0n) is 14.6. The highest BCUT2D eigenvalue weighted by molar-refractivity contribution is 7.89. The summed E-state index contributed by atoms with van der Waals surface area (Å²) in [5.41, 5.74) is 0.0603. The molecule has 0 bridgehead atoms. The van der Waals surface area contributed by atoms with E-state index in [-0.39, 0.29) is 29.5 Å². The second-order valence-electron chi connectivity index (χ2n) is 6.10. The molecule has 0 aliphatic carbocycles. The van der Waals surface area contributed by atoms with Gasteiger partial charge in [-0.25, -0.2) is 17.9 Å². The van der Waals surface area contributed by atoms with Gasteiger partial charge in [-0.1, -0.05) is 6.07 Å². The lowest BCUT2D eigenvalue weighted by atomic mass is 10.2. The highest BCUT2D eigenvalue weighted by atomic mass is 32.2. The molecule has 1 amide bonds. The van der Waals surface area contributed by atoms with Crippen molar-refractivity contribution in [1.29, 1.82) is 0 Å². The van der Waals surface area contributed by atoms with E-state index in [1.54, 1.807) is 17.0 Å². The standard InChI is InChI=1S/C18H20N2O6S/c21-17(20-8-1-2-9-20)13-26-18(22)14-5-3-7-16(11-14)27(23,24)19-12-15-6-4-10-25-15/h3-7,10-11,19H,1-2,8-9,12-13H2. The van der Waals surface area contributed by atoms with E-state index in [4.69, 9.17) is 9.15 Å². The highest BCUT2D eigenvalue weighted by Gasteiger charge is 2.21. The Morgan fingerprint density at radius 3 is 2.63 bits per heavy atom. The number of benzene rings is 1. The van der Waals surface area contributed by atoms with Gasteiger partial charge in [0.25, 0.3) is 5.91 Å². The van der Waals surface area contributed by atoms with Crippen LogP contribution in [0.5, 0.6) is 0 Å². The molecule has 1 saturated heterocycles. The third kappa shape index (κ3) is 4.95. The minimum Gasteiger partial charge on any atom is -0.468 e. The molecule has 2 heterocycles. The summed E-state index contributed by atoms with van der Waals surface area (Å²) in [6.07, 6.45) is 3.35. The lowest BCUT2D eigenvalue weighted by Crippen LogP contribution is -2.32. The second kappa shape index (κ2) is 8.36. The van der Waals surface area contributed by atoms with Crippen molar-refractivity contribution in [1.82, 2.24) is 9.62 Å². The summed E-state index contributed by atoms with van der Waals surface area (Å²) in [5.74, 6) is -0.523. The molecule has 1 aromatic carbocycles. The first-order valence-corrected chi connectivity index (χ1v) is 10.0. The van der Waals surface area contributed by atoms with Crippen molar-refractivity contribution in [3.63, 3.8) is 0 Å². The maximum absolute atomic E-state index is 12.4. The number of furan rings is 1. The second-order valence-corrected chi connectivity index (χ2v) is 7.86. The first kappa shape index (κ1) is 19.1. The molecule has 1 aliphatic rings. The normalized spacial score (nSPS) is 14.3. The lowest BCUT2D eigenvalue weighted by molar-refractivity contribution is -0.133. The predicted molar refractivity (Wildman–Crippen MR) is 95.3 cm³/mol. The fourth-order valence-electron chi connectivity index (χ4n) is 2.72. The van der Waals surface area contributed by atoms with E-state index in [9.17, 15) is 18.0 Å². The van der Waals surface area contributed by atoms with Gasteiger partial charge in [0.05, 0.1) is 23.3 Å². The van der Waals surface area contributed by atoms with Crippen molar-refractivity contribution in [2.24, 2.45) is 0 Å². The third-order valence-corrected chi connectivity index (χ3v) is 5.58. The van der Waals surface area contributed by atoms with Gasteiger partial charge in [0.1, 0.15) is 5.76 Å². The van der Waals surface area contributed by atoms with Crippen molar-refractivity contribution in [2.75, 3.05) is 19.7 Å². The number of hydrogen-bond donors (Lipinski definition) is 1. The molecular formula is C18H20N2O6S. The van der Waals surface area contributed by atoms with Crippen LogP contribution in [-0.2, 0) is 26.1 Å². The minimum absolute atomic E-state index is 0.00561. The molecule has 9 heteroatoms. The number of likely N-dealkylation sites (tertiary alicyclic amines) is 1. The Morgan fingerprint density at radius 1 is 1.15 bits per heavy atom. The molecule has 8 nitrogen and oxygen atoms in total. The number of sulfonamides is 1. The Hall–Kier alpha value is -2.65. The van der Waals surface area contributed by atoms with Crippen molar-refractivity contribution >= 4 is 21.9 Å².